The highest BCUT2D eigenvalue weighted by Gasteiger charge is 2.06. The van der Waals surface area contributed by atoms with E-state index in [0.29, 0.717) is 5.56 Å². The Morgan fingerprint density at radius 3 is 2.72 bits per heavy atom. The molecule has 2 amide bonds. The zero-order valence-electron chi connectivity index (χ0n) is 13.7. The smallest absolute Gasteiger partial charge is 0.244 e. The fourth-order valence-electron chi connectivity index (χ4n) is 2.08. The van der Waals surface area contributed by atoms with Crippen LogP contribution in [0, 0.1) is 12.7 Å². The van der Waals surface area contributed by atoms with Crippen LogP contribution in [0.15, 0.2) is 53.0 Å². The summed E-state index contributed by atoms with van der Waals surface area (Å²) in [5.74, 6) is -0.968. The van der Waals surface area contributed by atoms with E-state index in [9.17, 15) is 14.0 Å². The number of hydrogen-bond acceptors (Lipinski definition) is 2. The van der Waals surface area contributed by atoms with E-state index < -0.39 is 5.82 Å². The zero-order chi connectivity index (χ0) is 18.2. The molecule has 0 saturated heterocycles. The van der Waals surface area contributed by atoms with Crippen LogP contribution in [0.2, 0.25) is 0 Å². The third kappa shape index (κ3) is 6.15. The number of halogens is 2. The number of anilines is 1. The summed E-state index contributed by atoms with van der Waals surface area (Å²) in [5, 5.41) is 5.40. The Morgan fingerprint density at radius 1 is 1.20 bits per heavy atom. The Balaban J connectivity index is 1.78. The summed E-state index contributed by atoms with van der Waals surface area (Å²) < 4.78 is 14.3. The van der Waals surface area contributed by atoms with Crippen molar-refractivity contribution in [1.82, 2.24) is 5.32 Å². The number of carbonyl (C=O) groups is 2. The molecule has 0 spiro atoms. The van der Waals surface area contributed by atoms with Crippen molar-refractivity contribution >= 4 is 39.5 Å². The second kappa shape index (κ2) is 9.13. The van der Waals surface area contributed by atoms with Crippen LogP contribution in [-0.4, -0.2) is 18.4 Å². The molecule has 6 heteroatoms. The van der Waals surface area contributed by atoms with E-state index in [1.807, 2.05) is 25.1 Å². The van der Waals surface area contributed by atoms with E-state index in [0.717, 1.165) is 15.7 Å². The topological polar surface area (TPSA) is 58.2 Å². The molecule has 0 aliphatic heterocycles. The van der Waals surface area contributed by atoms with E-state index in [2.05, 4.69) is 26.6 Å². The van der Waals surface area contributed by atoms with Gasteiger partial charge in [0.05, 0.1) is 0 Å². The molecular formula is C19H18BrFN2O2. The van der Waals surface area contributed by atoms with Crippen molar-refractivity contribution in [3.8, 4) is 0 Å². The van der Waals surface area contributed by atoms with E-state index >= 15 is 0 Å². The van der Waals surface area contributed by atoms with Crippen LogP contribution in [0.5, 0.6) is 0 Å². The highest BCUT2D eigenvalue weighted by Crippen LogP contribution is 2.20. The van der Waals surface area contributed by atoms with Gasteiger partial charge in [-0.15, -0.1) is 0 Å². The lowest BCUT2D eigenvalue weighted by molar-refractivity contribution is -0.117. The van der Waals surface area contributed by atoms with Gasteiger partial charge < -0.3 is 10.6 Å². The minimum atomic E-state index is -0.393. The van der Waals surface area contributed by atoms with Gasteiger partial charge in [0.25, 0.3) is 0 Å². The summed E-state index contributed by atoms with van der Waals surface area (Å²) in [6, 6.07) is 11.8. The van der Waals surface area contributed by atoms with Gasteiger partial charge in [-0.25, -0.2) is 4.39 Å². The second-order valence-electron chi connectivity index (χ2n) is 5.40. The van der Waals surface area contributed by atoms with Gasteiger partial charge in [-0.2, -0.15) is 0 Å². The van der Waals surface area contributed by atoms with Crippen molar-refractivity contribution in [2.75, 3.05) is 11.9 Å². The van der Waals surface area contributed by atoms with Crippen LogP contribution in [0.25, 0.3) is 6.08 Å². The second-order valence-corrected chi connectivity index (χ2v) is 6.32. The van der Waals surface area contributed by atoms with Gasteiger partial charge in [0.2, 0.25) is 11.8 Å². The molecule has 4 nitrogen and oxygen atoms in total. The Hall–Kier alpha value is -2.47. The molecule has 2 rings (SSSR count). The lowest BCUT2D eigenvalue weighted by Gasteiger charge is -2.09. The van der Waals surface area contributed by atoms with Gasteiger partial charge in [0, 0.05) is 34.8 Å². The van der Waals surface area contributed by atoms with Crippen LogP contribution in [0.4, 0.5) is 10.1 Å². The van der Waals surface area contributed by atoms with Crippen LogP contribution in [-0.2, 0) is 9.59 Å². The number of benzene rings is 2. The molecule has 2 aromatic carbocycles. The van der Waals surface area contributed by atoms with Crippen LogP contribution in [0.1, 0.15) is 17.5 Å². The molecule has 0 aliphatic rings. The predicted octanol–water partition coefficient (Wildman–Crippen LogP) is 4.05. The lowest BCUT2D eigenvalue weighted by Crippen LogP contribution is -2.26. The van der Waals surface area contributed by atoms with Gasteiger partial charge >= 0.3 is 0 Å². The van der Waals surface area contributed by atoms with Crippen molar-refractivity contribution in [3.05, 3.63) is 70.0 Å². The van der Waals surface area contributed by atoms with Gasteiger partial charge in [-0.1, -0.05) is 40.2 Å². The third-order valence-electron chi connectivity index (χ3n) is 3.44. The van der Waals surface area contributed by atoms with E-state index in [4.69, 9.17) is 0 Å². The fourth-order valence-corrected chi connectivity index (χ4v) is 2.44. The molecule has 25 heavy (non-hydrogen) atoms. The quantitative estimate of drug-likeness (QED) is 0.713. The van der Waals surface area contributed by atoms with Gasteiger partial charge in [-0.3, -0.25) is 9.59 Å². The van der Waals surface area contributed by atoms with Gasteiger partial charge in [0.15, 0.2) is 0 Å². The van der Waals surface area contributed by atoms with Crippen LogP contribution >= 0.6 is 15.9 Å². The largest absolute Gasteiger partial charge is 0.352 e. The molecule has 0 bridgehead atoms. The van der Waals surface area contributed by atoms with Crippen molar-refractivity contribution in [2.45, 2.75) is 13.3 Å². The van der Waals surface area contributed by atoms with Crippen molar-refractivity contribution < 1.29 is 14.0 Å². The number of aryl methyl sites for hydroxylation is 1. The third-order valence-corrected chi connectivity index (χ3v) is 3.94. The lowest BCUT2D eigenvalue weighted by atomic mass is 10.2. The molecule has 0 saturated carbocycles. The first-order chi connectivity index (χ1) is 12.0. The monoisotopic (exact) mass is 404 g/mol. The maximum atomic E-state index is 13.4. The van der Waals surface area contributed by atoms with Crippen molar-refractivity contribution in [3.63, 3.8) is 0 Å². The van der Waals surface area contributed by atoms with E-state index in [1.165, 1.54) is 18.2 Å². The number of carbonyl (C=O) groups excluding carboxylic acids is 2. The van der Waals surface area contributed by atoms with Gasteiger partial charge in [0.1, 0.15) is 5.82 Å². The molecule has 0 radical (unpaired) electrons. The molecule has 0 atom stereocenters. The predicted molar refractivity (Wildman–Crippen MR) is 101 cm³/mol. The Bertz CT molecular complexity index is 806. The molecule has 0 aromatic heterocycles. The minimum absolute atomic E-state index is 0.144. The number of rotatable bonds is 6. The molecule has 0 aliphatic carbocycles. The number of amides is 2. The number of nitrogens with one attached hydrogen (secondary N) is 2. The average molecular weight is 405 g/mol. The summed E-state index contributed by atoms with van der Waals surface area (Å²) in [5.41, 5.74) is 2.01. The summed E-state index contributed by atoms with van der Waals surface area (Å²) >= 11 is 3.36. The van der Waals surface area contributed by atoms with E-state index in [1.54, 1.807) is 18.2 Å². The highest BCUT2D eigenvalue weighted by atomic mass is 79.9. The maximum Gasteiger partial charge on any atom is 0.244 e. The molecule has 2 aromatic rings. The Labute approximate surface area is 154 Å². The fraction of sp³-hybridized carbons (Fsp3) is 0.158. The summed E-state index contributed by atoms with van der Waals surface area (Å²) in [7, 11) is 0. The molecule has 0 unspecified atom stereocenters. The van der Waals surface area contributed by atoms with Crippen LogP contribution in [0.3, 0.4) is 0 Å². The van der Waals surface area contributed by atoms with Crippen LogP contribution < -0.4 is 10.6 Å². The molecule has 2 N–H and O–H groups in total. The summed E-state index contributed by atoms with van der Waals surface area (Å²) in [6.07, 6.45) is 2.79. The molecular weight excluding hydrogens is 387 g/mol. The molecule has 130 valence electrons. The van der Waals surface area contributed by atoms with Crippen molar-refractivity contribution in [2.24, 2.45) is 0 Å². The summed E-state index contributed by atoms with van der Waals surface area (Å²) in [4.78, 5) is 23.6. The zero-order valence-corrected chi connectivity index (χ0v) is 15.3. The maximum absolute atomic E-state index is 13.4. The first-order valence-corrected chi connectivity index (χ1v) is 8.51. The average Bonchev–Trinajstić information content (AvgIpc) is 2.57. The highest BCUT2D eigenvalue weighted by molar-refractivity contribution is 9.10. The summed E-state index contributed by atoms with van der Waals surface area (Å²) in [6.45, 7) is 2.09. The first kappa shape index (κ1) is 18.9. The SMILES string of the molecule is Cc1ccc(Br)cc1NC(=O)CCNC(=O)/C=C/c1ccccc1F. The first-order valence-electron chi connectivity index (χ1n) is 7.72. The Kier molecular flexibility index (Phi) is 6.89. The van der Waals surface area contributed by atoms with E-state index in [-0.39, 0.29) is 24.8 Å². The number of hydrogen-bond donors (Lipinski definition) is 2. The normalized spacial score (nSPS) is 10.7. The molecule has 0 heterocycles. The molecule has 0 fully saturated rings. The minimum Gasteiger partial charge on any atom is -0.352 e. The van der Waals surface area contributed by atoms with Gasteiger partial charge in [-0.05, 0) is 36.8 Å². The van der Waals surface area contributed by atoms with Crippen molar-refractivity contribution in [1.29, 1.82) is 0 Å². The standard InChI is InChI=1S/C19H18BrFN2O2/c1-13-6-8-15(20)12-17(13)23-19(25)10-11-22-18(24)9-7-14-4-2-3-5-16(14)21/h2-9,12H,10-11H2,1H3,(H,22,24)(H,23,25)/b9-7+. The Morgan fingerprint density at radius 2 is 1.96 bits per heavy atom.